The molecule has 1 aliphatic rings. The van der Waals surface area contributed by atoms with Crippen LogP contribution in [0.15, 0.2) is 71.6 Å². The van der Waals surface area contributed by atoms with Gasteiger partial charge in [0, 0.05) is 38.4 Å². The van der Waals surface area contributed by atoms with E-state index in [0.29, 0.717) is 26.2 Å². The Bertz CT molecular complexity index is 1210. The molecule has 0 aliphatic carbocycles. The van der Waals surface area contributed by atoms with E-state index < -0.39 is 10.0 Å². The molecule has 6 nitrogen and oxygen atoms in total. The summed E-state index contributed by atoms with van der Waals surface area (Å²) in [6, 6.07) is 18.9. The third kappa shape index (κ3) is 4.61. The second kappa shape index (κ2) is 9.26. The molecule has 0 spiro atoms. The minimum absolute atomic E-state index is 0.187. The number of anilines is 1. The Balaban J connectivity index is 1.42. The van der Waals surface area contributed by atoms with Gasteiger partial charge < -0.3 is 9.80 Å². The highest BCUT2D eigenvalue weighted by Crippen LogP contribution is 2.22. The van der Waals surface area contributed by atoms with Gasteiger partial charge in [0.25, 0.3) is 0 Å². The molecule has 3 aromatic carbocycles. The van der Waals surface area contributed by atoms with Crippen molar-refractivity contribution >= 4 is 32.4 Å². The first kappa shape index (κ1) is 22.2. The molecule has 1 aliphatic heterocycles. The maximum atomic E-state index is 13.2. The summed E-state index contributed by atoms with van der Waals surface area (Å²) in [4.78, 5) is 16.9. The fourth-order valence-electron chi connectivity index (χ4n) is 3.96. The number of benzene rings is 3. The lowest BCUT2D eigenvalue weighted by Crippen LogP contribution is -2.51. The van der Waals surface area contributed by atoms with Gasteiger partial charge in [0.05, 0.1) is 11.4 Å². The number of likely N-dealkylation sites (N-methyl/N-ethyl adjacent to an activating group) is 1. The highest BCUT2D eigenvalue weighted by molar-refractivity contribution is 7.89. The van der Waals surface area contributed by atoms with Crippen molar-refractivity contribution in [2.45, 2.75) is 11.8 Å². The number of halogens is 1. The number of fused-ring (bicyclic) bond motifs is 1. The van der Waals surface area contributed by atoms with Crippen LogP contribution in [0.1, 0.15) is 6.92 Å². The van der Waals surface area contributed by atoms with E-state index in [1.165, 1.54) is 16.4 Å². The van der Waals surface area contributed by atoms with E-state index in [0.717, 1.165) is 16.5 Å². The number of hydrogen-bond acceptors (Lipinski definition) is 4. The second-order valence-electron chi connectivity index (χ2n) is 7.78. The Hall–Kier alpha value is -2.97. The lowest BCUT2D eigenvalue weighted by molar-refractivity contribution is -0.131. The minimum atomic E-state index is -3.79. The maximum Gasteiger partial charge on any atom is 0.243 e. The average Bonchev–Trinajstić information content (AvgIpc) is 2.82. The van der Waals surface area contributed by atoms with Crippen LogP contribution in [0.4, 0.5) is 10.1 Å². The van der Waals surface area contributed by atoms with E-state index >= 15 is 0 Å². The van der Waals surface area contributed by atoms with E-state index in [1.807, 2.05) is 24.3 Å². The number of amides is 1. The molecule has 0 radical (unpaired) electrons. The van der Waals surface area contributed by atoms with Crippen molar-refractivity contribution in [3.05, 3.63) is 72.5 Å². The fourth-order valence-corrected chi connectivity index (χ4v) is 5.39. The lowest BCUT2D eigenvalue weighted by Gasteiger charge is -2.36. The third-order valence-corrected chi connectivity index (χ3v) is 7.76. The van der Waals surface area contributed by atoms with Crippen LogP contribution in [0.5, 0.6) is 0 Å². The van der Waals surface area contributed by atoms with Gasteiger partial charge in [-0.25, -0.2) is 12.8 Å². The normalized spacial score (nSPS) is 14.8. The molecule has 1 saturated heterocycles. The van der Waals surface area contributed by atoms with Gasteiger partial charge in [-0.2, -0.15) is 4.31 Å². The summed E-state index contributed by atoms with van der Waals surface area (Å²) in [6.07, 6.45) is 0. The summed E-state index contributed by atoms with van der Waals surface area (Å²) in [6.45, 7) is 3.95. The molecule has 168 valence electrons. The molecule has 4 rings (SSSR count). The topological polar surface area (TPSA) is 60.9 Å². The summed E-state index contributed by atoms with van der Waals surface area (Å²) in [5, 5.41) is 1.80. The highest BCUT2D eigenvalue weighted by Gasteiger charge is 2.29. The van der Waals surface area contributed by atoms with E-state index in [-0.39, 0.29) is 29.7 Å². The number of rotatable bonds is 6. The zero-order chi connectivity index (χ0) is 22.7. The molecule has 1 amide bonds. The van der Waals surface area contributed by atoms with Gasteiger partial charge in [-0.1, -0.05) is 37.3 Å². The van der Waals surface area contributed by atoms with Gasteiger partial charge in [-0.3, -0.25) is 4.79 Å². The van der Waals surface area contributed by atoms with Crippen LogP contribution in [0.2, 0.25) is 0 Å². The molecular formula is C24H26FN3O3S. The number of piperazine rings is 1. The van der Waals surface area contributed by atoms with Crippen molar-refractivity contribution in [1.82, 2.24) is 9.21 Å². The van der Waals surface area contributed by atoms with Crippen molar-refractivity contribution < 1.29 is 17.6 Å². The Morgan fingerprint density at radius 2 is 1.59 bits per heavy atom. The largest absolute Gasteiger partial charge is 0.368 e. The quantitative estimate of drug-likeness (QED) is 0.572. The van der Waals surface area contributed by atoms with Crippen molar-refractivity contribution in [3.63, 3.8) is 0 Å². The zero-order valence-corrected chi connectivity index (χ0v) is 18.8. The fraction of sp³-hybridized carbons (Fsp3) is 0.292. The number of sulfonamides is 1. The molecule has 0 N–H and O–H groups in total. The molecule has 1 heterocycles. The van der Waals surface area contributed by atoms with E-state index in [4.69, 9.17) is 0 Å². The molecule has 3 aromatic rings. The molecular weight excluding hydrogens is 429 g/mol. The van der Waals surface area contributed by atoms with E-state index in [2.05, 4.69) is 4.90 Å². The van der Waals surface area contributed by atoms with Crippen LogP contribution in [0.3, 0.4) is 0 Å². The molecule has 0 aromatic heterocycles. The average molecular weight is 456 g/mol. The Labute approximate surface area is 187 Å². The number of hydrogen-bond donors (Lipinski definition) is 0. The first-order chi connectivity index (χ1) is 15.4. The number of carbonyl (C=O) groups excluding carboxylic acids is 1. The van der Waals surface area contributed by atoms with Crippen LogP contribution in [-0.4, -0.2) is 62.8 Å². The Kier molecular flexibility index (Phi) is 6.43. The summed E-state index contributed by atoms with van der Waals surface area (Å²) in [5.74, 6) is -0.496. The molecule has 8 heteroatoms. The van der Waals surface area contributed by atoms with Crippen LogP contribution < -0.4 is 4.90 Å². The highest BCUT2D eigenvalue weighted by atomic mass is 32.2. The smallest absolute Gasteiger partial charge is 0.243 e. The Morgan fingerprint density at radius 3 is 2.25 bits per heavy atom. The van der Waals surface area contributed by atoms with Crippen LogP contribution in [0.25, 0.3) is 10.8 Å². The van der Waals surface area contributed by atoms with Gasteiger partial charge in [0.1, 0.15) is 5.82 Å². The standard InChI is InChI=1S/C24H26FN3O3S/c1-2-28(32(30,31)23-12-7-19-5-3-4-6-20(19)17-23)18-24(29)27-15-13-26(14-16-27)22-10-8-21(25)9-11-22/h3-12,17H,2,13-16,18H2,1H3. The van der Waals surface area contributed by atoms with Crippen LogP contribution in [-0.2, 0) is 14.8 Å². The summed E-state index contributed by atoms with van der Waals surface area (Å²) in [5.41, 5.74) is 0.910. The molecule has 32 heavy (non-hydrogen) atoms. The van der Waals surface area contributed by atoms with Gasteiger partial charge >= 0.3 is 0 Å². The molecule has 0 saturated carbocycles. The van der Waals surface area contributed by atoms with E-state index in [1.54, 1.807) is 42.2 Å². The summed E-state index contributed by atoms with van der Waals surface area (Å²) in [7, 11) is -3.79. The summed E-state index contributed by atoms with van der Waals surface area (Å²) >= 11 is 0. The molecule has 0 atom stereocenters. The number of nitrogens with zero attached hydrogens (tertiary/aromatic N) is 3. The van der Waals surface area contributed by atoms with Crippen molar-refractivity contribution in [2.75, 3.05) is 44.2 Å². The lowest BCUT2D eigenvalue weighted by atomic mass is 10.1. The first-order valence-corrected chi connectivity index (χ1v) is 12.1. The maximum absolute atomic E-state index is 13.2. The van der Waals surface area contributed by atoms with Crippen LogP contribution in [0, 0.1) is 5.82 Å². The molecule has 0 unspecified atom stereocenters. The predicted molar refractivity (Wildman–Crippen MR) is 124 cm³/mol. The SMILES string of the molecule is CCN(CC(=O)N1CCN(c2ccc(F)cc2)CC1)S(=O)(=O)c1ccc2ccccc2c1. The number of carbonyl (C=O) groups is 1. The van der Waals surface area contributed by atoms with Gasteiger partial charge in [-0.15, -0.1) is 0 Å². The van der Waals surface area contributed by atoms with Gasteiger partial charge in [0.15, 0.2) is 0 Å². The van der Waals surface area contributed by atoms with Crippen LogP contribution >= 0.6 is 0 Å². The van der Waals surface area contributed by atoms with Crippen molar-refractivity contribution in [1.29, 1.82) is 0 Å². The van der Waals surface area contributed by atoms with Crippen molar-refractivity contribution in [3.8, 4) is 0 Å². The van der Waals surface area contributed by atoms with Gasteiger partial charge in [0.2, 0.25) is 15.9 Å². The zero-order valence-electron chi connectivity index (χ0n) is 17.9. The molecule has 1 fully saturated rings. The molecule has 0 bridgehead atoms. The second-order valence-corrected chi connectivity index (χ2v) is 9.72. The monoisotopic (exact) mass is 455 g/mol. The van der Waals surface area contributed by atoms with Gasteiger partial charge in [-0.05, 0) is 47.2 Å². The minimum Gasteiger partial charge on any atom is -0.368 e. The third-order valence-electron chi connectivity index (χ3n) is 5.85. The van der Waals surface area contributed by atoms with E-state index in [9.17, 15) is 17.6 Å². The summed E-state index contributed by atoms with van der Waals surface area (Å²) < 4.78 is 40.8. The predicted octanol–water partition coefficient (Wildman–Crippen LogP) is 3.34. The first-order valence-electron chi connectivity index (χ1n) is 10.7. The van der Waals surface area contributed by atoms with Crippen molar-refractivity contribution in [2.24, 2.45) is 0 Å². The Morgan fingerprint density at radius 1 is 0.938 bits per heavy atom.